The number of para-hydroxylation sites is 1. The van der Waals surface area contributed by atoms with Gasteiger partial charge in [-0.3, -0.25) is 0 Å². The Balaban J connectivity index is 2.15. The van der Waals surface area contributed by atoms with Crippen molar-refractivity contribution >= 4 is 11.8 Å². The number of thioether (sulfide) groups is 1. The van der Waals surface area contributed by atoms with Gasteiger partial charge in [0.2, 0.25) is 0 Å². The molecule has 0 saturated heterocycles. The summed E-state index contributed by atoms with van der Waals surface area (Å²) in [6.07, 6.45) is 1.97. The first-order valence-corrected chi connectivity index (χ1v) is 6.47. The molecule has 0 amide bonds. The molecule has 1 aromatic heterocycles. The molecule has 0 fully saturated rings. The van der Waals surface area contributed by atoms with Crippen molar-refractivity contribution in [3.8, 4) is 5.69 Å². The summed E-state index contributed by atoms with van der Waals surface area (Å²) < 4.78 is 2.04. The van der Waals surface area contributed by atoms with Crippen molar-refractivity contribution in [3.63, 3.8) is 0 Å². The molecule has 0 radical (unpaired) electrons. The molecule has 82 valence electrons. The smallest absolute Gasteiger partial charge is 0.0694 e. The minimum absolute atomic E-state index is 0.554. The van der Waals surface area contributed by atoms with Gasteiger partial charge in [0, 0.05) is 23.6 Å². The Bertz CT molecular complexity index is 519. The molecule has 4 heteroatoms. The van der Waals surface area contributed by atoms with Crippen LogP contribution in [0.25, 0.3) is 5.69 Å². The van der Waals surface area contributed by atoms with Gasteiger partial charge in [0.15, 0.2) is 0 Å². The summed E-state index contributed by atoms with van der Waals surface area (Å²) in [5.41, 5.74) is 10.7. The normalized spacial score (nSPS) is 14.1. The first kappa shape index (κ1) is 9.93. The lowest BCUT2D eigenvalue weighted by atomic mass is 10.1. The molecule has 2 heterocycles. The number of rotatable bonds is 2. The molecule has 2 N–H and O–H groups in total. The van der Waals surface area contributed by atoms with Crippen LogP contribution >= 0.6 is 11.8 Å². The summed E-state index contributed by atoms with van der Waals surface area (Å²) in [7, 11) is 0. The summed E-state index contributed by atoms with van der Waals surface area (Å²) in [5, 5.41) is 4.46. The van der Waals surface area contributed by atoms with Crippen LogP contribution in [0.2, 0.25) is 0 Å². The zero-order valence-corrected chi connectivity index (χ0v) is 9.70. The number of hydrogen-bond acceptors (Lipinski definition) is 3. The van der Waals surface area contributed by atoms with Gasteiger partial charge in [0.05, 0.1) is 17.6 Å². The summed E-state index contributed by atoms with van der Waals surface area (Å²) >= 11 is 1.94. The molecule has 0 atom stereocenters. The average Bonchev–Trinajstić information content (AvgIpc) is 2.91. The van der Waals surface area contributed by atoms with Gasteiger partial charge in [-0.05, 0) is 11.6 Å². The molecule has 3 nitrogen and oxygen atoms in total. The van der Waals surface area contributed by atoms with E-state index in [1.165, 1.54) is 11.3 Å². The van der Waals surface area contributed by atoms with Crippen molar-refractivity contribution in [3.05, 3.63) is 47.3 Å². The zero-order valence-electron chi connectivity index (χ0n) is 8.89. The first-order valence-electron chi connectivity index (χ1n) is 5.32. The number of fused-ring (bicyclic) bond motifs is 1. The van der Waals surface area contributed by atoms with E-state index in [1.807, 2.05) is 34.8 Å². The van der Waals surface area contributed by atoms with E-state index in [4.69, 9.17) is 5.73 Å². The maximum Gasteiger partial charge on any atom is 0.0694 e. The molecular weight excluding hydrogens is 218 g/mol. The van der Waals surface area contributed by atoms with Crippen molar-refractivity contribution in [2.75, 3.05) is 0 Å². The fourth-order valence-corrected chi connectivity index (χ4v) is 3.10. The predicted molar refractivity (Wildman–Crippen MR) is 66.5 cm³/mol. The van der Waals surface area contributed by atoms with Gasteiger partial charge >= 0.3 is 0 Å². The van der Waals surface area contributed by atoms with Crippen molar-refractivity contribution in [1.82, 2.24) is 9.78 Å². The third-order valence-corrected chi connectivity index (χ3v) is 3.88. The lowest BCUT2D eigenvalue weighted by molar-refractivity contribution is 0.825. The van der Waals surface area contributed by atoms with Crippen LogP contribution in [0.5, 0.6) is 0 Å². The molecule has 2 aromatic rings. The predicted octanol–water partition coefficient (Wildman–Crippen LogP) is 2.08. The quantitative estimate of drug-likeness (QED) is 0.860. The molecule has 1 aliphatic heterocycles. The van der Waals surface area contributed by atoms with E-state index in [0.717, 1.165) is 22.8 Å². The van der Waals surface area contributed by atoms with E-state index in [-0.39, 0.29) is 0 Å². The van der Waals surface area contributed by atoms with Crippen LogP contribution < -0.4 is 5.73 Å². The fraction of sp³-hybridized carbons (Fsp3) is 0.250. The van der Waals surface area contributed by atoms with Gasteiger partial charge in [-0.25, -0.2) is 4.68 Å². The number of nitrogens with zero attached hydrogens (tertiary/aromatic N) is 2. The maximum absolute atomic E-state index is 5.76. The van der Waals surface area contributed by atoms with E-state index in [1.54, 1.807) is 0 Å². The van der Waals surface area contributed by atoms with Gasteiger partial charge in [-0.15, -0.1) is 0 Å². The number of hydrogen-bond donors (Lipinski definition) is 1. The molecule has 0 saturated carbocycles. The van der Waals surface area contributed by atoms with Crippen molar-refractivity contribution in [2.24, 2.45) is 5.73 Å². The molecular formula is C12H13N3S. The van der Waals surface area contributed by atoms with Gasteiger partial charge in [0.25, 0.3) is 0 Å². The molecule has 1 aromatic carbocycles. The van der Waals surface area contributed by atoms with Crippen molar-refractivity contribution < 1.29 is 0 Å². The van der Waals surface area contributed by atoms with E-state index in [9.17, 15) is 0 Å². The van der Waals surface area contributed by atoms with Crippen molar-refractivity contribution in [2.45, 2.75) is 18.1 Å². The van der Waals surface area contributed by atoms with Gasteiger partial charge < -0.3 is 5.73 Å². The van der Waals surface area contributed by atoms with Crippen molar-refractivity contribution in [1.29, 1.82) is 0 Å². The largest absolute Gasteiger partial charge is 0.326 e. The van der Waals surface area contributed by atoms with Crippen LogP contribution in [0.15, 0.2) is 30.5 Å². The highest BCUT2D eigenvalue weighted by Gasteiger charge is 2.18. The summed E-state index contributed by atoms with van der Waals surface area (Å²) in [6.45, 7) is 0.554. The Hall–Kier alpha value is -1.26. The highest BCUT2D eigenvalue weighted by molar-refractivity contribution is 7.98. The Morgan fingerprint density at radius 1 is 1.31 bits per heavy atom. The van der Waals surface area contributed by atoms with Crippen LogP contribution in [0, 0.1) is 0 Å². The standard InChI is InChI=1S/C12H13N3S/c13-5-9-3-1-2-4-11(9)15-12-8-16-7-10(12)6-14-15/h1-4,6H,5,7-8,13H2. The molecule has 0 aliphatic carbocycles. The SMILES string of the molecule is NCc1ccccc1-n1ncc2c1CSC2. The lowest BCUT2D eigenvalue weighted by Crippen LogP contribution is -2.07. The molecule has 0 unspecified atom stereocenters. The van der Waals surface area contributed by atoms with E-state index in [2.05, 4.69) is 17.2 Å². The van der Waals surface area contributed by atoms with Gasteiger partial charge in [-0.1, -0.05) is 18.2 Å². The van der Waals surface area contributed by atoms with Crippen LogP contribution in [0.1, 0.15) is 16.8 Å². The third-order valence-electron chi connectivity index (χ3n) is 2.89. The molecule has 16 heavy (non-hydrogen) atoms. The second-order valence-electron chi connectivity index (χ2n) is 3.85. The molecule has 0 spiro atoms. The highest BCUT2D eigenvalue weighted by atomic mass is 32.2. The lowest BCUT2D eigenvalue weighted by Gasteiger charge is -2.09. The van der Waals surface area contributed by atoms with Gasteiger partial charge in [0.1, 0.15) is 0 Å². The summed E-state index contributed by atoms with van der Waals surface area (Å²) in [4.78, 5) is 0. The number of nitrogens with two attached hydrogens (primary N) is 1. The summed E-state index contributed by atoms with van der Waals surface area (Å²) in [6, 6.07) is 8.19. The van der Waals surface area contributed by atoms with Gasteiger partial charge in [-0.2, -0.15) is 16.9 Å². The third kappa shape index (κ3) is 1.45. The first-order chi connectivity index (χ1) is 7.90. The highest BCUT2D eigenvalue weighted by Crippen LogP contribution is 2.31. The Kier molecular flexibility index (Phi) is 2.46. The molecule has 0 bridgehead atoms. The Morgan fingerprint density at radius 3 is 3.06 bits per heavy atom. The monoisotopic (exact) mass is 231 g/mol. The molecule has 1 aliphatic rings. The van der Waals surface area contributed by atoms with Crippen LogP contribution in [-0.4, -0.2) is 9.78 Å². The molecule has 3 rings (SSSR count). The van der Waals surface area contributed by atoms with E-state index in [0.29, 0.717) is 6.54 Å². The minimum atomic E-state index is 0.554. The average molecular weight is 231 g/mol. The number of benzene rings is 1. The van der Waals surface area contributed by atoms with E-state index < -0.39 is 0 Å². The number of aromatic nitrogens is 2. The second kappa shape index (κ2) is 3.96. The van der Waals surface area contributed by atoms with E-state index >= 15 is 0 Å². The fourth-order valence-electron chi connectivity index (χ4n) is 2.04. The second-order valence-corrected chi connectivity index (χ2v) is 4.84. The topological polar surface area (TPSA) is 43.8 Å². The van der Waals surface area contributed by atoms with Crippen LogP contribution in [0.3, 0.4) is 0 Å². The summed E-state index contributed by atoms with van der Waals surface area (Å²) in [5.74, 6) is 2.13. The Morgan fingerprint density at radius 2 is 2.19 bits per heavy atom. The minimum Gasteiger partial charge on any atom is -0.326 e. The Labute approximate surface area is 98.6 Å². The van der Waals surface area contributed by atoms with Crippen LogP contribution in [0.4, 0.5) is 0 Å². The van der Waals surface area contributed by atoms with Crippen LogP contribution in [-0.2, 0) is 18.1 Å². The maximum atomic E-state index is 5.76. The zero-order chi connectivity index (χ0) is 11.0.